The van der Waals surface area contributed by atoms with Crippen LogP contribution in [0.2, 0.25) is 0 Å². The number of alkyl carbamates (subject to hydrolysis) is 1. The van der Waals surface area contributed by atoms with Crippen LogP contribution in [-0.4, -0.2) is 24.8 Å². The van der Waals surface area contributed by atoms with E-state index in [1.165, 1.54) is 6.07 Å². The van der Waals surface area contributed by atoms with Gasteiger partial charge >= 0.3 is 6.09 Å². The molecule has 0 saturated heterocycles. The standard InChI is InChI=1S/C21H31N5O2/c1-4-5-9-21(2,3)28-20(27)26-11-8-6-7-10-25-19-13-17(15-23)16(14-22)12-18(19)24/h12-13,25H,4-11,24H2,1-3H3,(H,26,27). The van der Waals surface area contributed by atoms with Crippen molar-refractivity contribution in [3.63, 3.8) is 0 Å². The summed E-state index contributed by atoms with van der Waals surface area (Å²) in [6.07, 6.45) is 5.26. The van der Waals surface area contributed by atoms with Crippen LogP contribution in [-0.2, 0) is 4.74 Å². The van der Waals surface area contributed by atoms with E-state index in [9.17, 15) is 4.79 Å². The van der Waals surface area contributed by atoms with Crippen LogP contribution in [0.4, 0.5) is 16.2 Å². The normalized spacial score (nSPS) is 10.6. The second-order valence-corrected chi connectivity index (χ2v) is 7.38. The summed E-state index contributed by atoms with van der Waals surface area (Å²) in [7, 11) is 0. The fraction of sp³-hybridized carbons (Fsp3) is 0.571. The van der Waals surface area contributed by atoms with E-state index < -0.39 is 5.60 Å². The lowest BCUT2D eigenvalue weighted by atomic mass is 10.0. The zero-order valence-corrected chi connectivity index (χ0v) is 17.1. The Labute approximate surface area is 167 Å². The zero-order valence-electron chi connectivity index (χ0n) is 17.1. The molecule has 0 spiro atoms. The third kappa shape index (κ3) is 8.18. The Bertz CT molecular complexity index is 732. The van der Waals surface area contributed by atoms with Crippen LogP contribution in [0.3, 0.4) is 0 Å². The number of nitrogens with zero attached hydrogens (tertiary/aromatic N) is 2. The fourth-order valence-corrected chi connectivity index (χ4v) is 2.74. The Morgan fingerprint density at radius 3 is 2.39 bits per heavy atom. The molecule has 0 unspecified atom stereocenters. The first-order valence-corrected chi connectivity index (χ1v) is 9.77. The SMILES string of the molecule is CCCCC(C)(C)OC(=O)NCCCCCNc1cc(C#N)c(C#N)cc1N. The van der Waals surface area contributed by atoms with E-state index in [0.29, 0.717) is 30.0 Å². The second kappa shape index (κ2) is 11.7. The molecule has 0 aromatic heterocycles. The number of hydrogen-bond acceptors (Lipinski definition) is 6. The van der Waals surface area contributed by atoms with E-state index in [1.54, 1.807) is 6.07 Å². The van der Waals surface area contributed by atoms with Gasteiger partial charge in [-0.25, -0.2) is 4.79 Å². The minimum Gasteiger partial charge on any atom is -0.444 e. The molecule has 4 N–H and O–H groups in total. The van der Waals surface area contributed by atoms with Gasteiger partial charge in [-0.2, -0.15) is 10.5 Å². The molecule has 0 aliphatic rings. The number of benzene rings is 1. The minimum atomic E-state index is -0.437. The lowest BCUT2D eigenvalue weighted by Gasteiger charge is -2.25. The number of amides is 1. The van der Waals surface area contributed by atoms with Gasteiger partial charge in [0.05, 0.1) is 22.5 Å². The molecule has 1 rings (SSSR count). The number of carbonyl (C=O) groups is 1. The quantitative estimate of drug-likeness (QED) is 0.385. The Kier molecular flexibility index (Phi) is 9.67. The van der Waals surface area contributed by atoms with Crippen molar-refractivity contribution in [2.75, 3.05) is 24.1 Å². The Balaban J connectivity index is 2.24. The minimum absolute atomic E-state index is 0.279. The average Bonchev–Trinajstić information content (AvgIpc) is 2.65. The monoisotopic (exact) mass is 385 g/mol. The molecule has 28 heavy (non-hydrogen) atoms. The van der Waals surface area contributed by atoms with Crippen LogP contribution in [0, 0.1) is 22.7 Å². The van der Waals surface area contributed by atoms with Gasteiger partial charge in [0.2, 0.25) is 0 Å². The Morgan fingerprint density at radius 1 is 1.11 bits per heavy atom. The number of anilines is 2. The Morgan fingerprint density at radius 2 is 1.75 bits per heavy atom. The number of unbranched alkanes of at least 4 members (excludes halogenated alkanes) is 3. The molecule has 1 aromatic carbocycles. The second-order valence-electron chi connectivity index (χ2n) is 7.38. The summed E-state index contributed by atoms with van der Waals surface area (Å²) in [5.74, 6) is 0. The molecule has 1 aromatic rings. The van der Waals surface area contributed by atoms with Crippen molar-refractivity contribution in [2.45, 2.75) is 64.9 Å². The number of nitriles is 2. The maximum Gasteiger partial charge on any atom is 0.407 e. The van der Waals surface area contributed by atoms with Crippen LogP contribution in [0.15, 0.2) is 12.1 Å². The number of hydrogen-bond donors (Lipinski definition) is 3. The molecule has 0 aliphatic carbocycles. The van der Waals surface area contributed by atoms with Crippen molar-refractivity contribution in [1.82, 2.24) is 5.32 Å². The number of nitrogens with one attached hydrogen (secondary N) is 2. The van der Waals surface area contributed by atoms with Gasteiger partial charge in [-0.05, 0) is 58.1 Å². The van der Waals surface area contributed by atoms with Gasteiger partial charge in [0.15, 0.2) is 0 Å². The number of nitrogen functional groups attached to an aromatic ring is 1. The van der Waals surface area contributed by atoms with E-state index in [-0.39, 0.29) is 11.7 Å². The molecule has 0 heterocycles. The van der Waals surface area contributed by atoms with E-state index >= 15 is 0 Å². The van der Waals surface area contributed by atoms with E-state index in [0.717, 1.165) is 38.5 Å². The molecule has 0 radical (unpaired) electrons. The van der Waals surface area contributed by atoms with Crippen molar-refractivity contribution >= 4 is 17.5 Å². The van der Waals surface area contributed by atoms with Gasteiger partial charge in [-0.1, -0.05) is 13.3 Å². The molecule has 0 fully saturated rings. The lowest BCUT2D eigenvalue weighted by molar-refractivity contribution is 0.0312. The molecule has 0 aliphatic heterocycles. The molecule has 7 heteroatoms. The van der Waals surface area contributed by atoms with E-state index in [2.05, 4.69) is 17.6 Å². The van der Waals surface area contributed by atoms with Gasteiger partial charge < -0.3 is 21.1 Å². The van der Waals surface area contributed by atoms with Crippen molar-refractivity contribution in [1.29, 1.82) is 10.5 Å². The van der Waals surface area contributed by atoms with Crippen LogP contribution in [0.1, 0.15) is 70.4 Å². The third-order valence-corrected chi connectivity index (χ3v) is 4.37. The van der Waals surface area contributed by atoms with Gasteiger partial charge in [-0.3, -0.25) is 0 Å². The summed E-state index contributed by atoms with van der Waals surface area (Å²) in [6, 6.07) is 7.08. The van der Waals surface area contributed by atoms with Gasteiger partial charge in [0.25, 0.3) is 0 Å². The number of ether oxygens (including phenoxy) is 1. The Hall–Kier alpha value is -2.93. The summed E-state index contributed by atoms with van der Waals surface area (Å²) >= 11 is 0. The first kappa shape index (κ1) is 23.1. The van der Waals surface area contributed by atoms with Crippen molar-refractivity contribution in [3.8, 4) is 12.1 Å². The van der Waals surface area contributed by atoms with Crippen LogP contribution in [0.5, 0.6) is 0 Å². The largest absolute Gasteiger partial charge is 0.444 e. The van der Waals surface area contributed by atoms with Crippen LogP contribution in [0.25, 0.3) is 0 Å². The van der Waals surface area contributed by atoms with Crippen molar-refractivity contribution < 1.29 is 9.53 Å². The van der Waals surface area contributed by atoms with Crippen LogP contribution >= 0.6 is 0 Å². The topological polar surface area (TPSA) is 124 Å². The highest BCUT2D eigenvalue weighted by Crippen LogP contribution is 2.23. The number of rotatable bonds is 11. The van der Waals surface area contributed by atoms with Gasteiger partial charge in [0.1, 0.15) is 17.7 Å². The van der Waals surface area contributed by atoms with E-state index in [1.807, 2.05) is 26.0 Å². The van der Waals surface area contributed by atoms with Gasteiger partial charge in [0, 0.05) is 13.1 Å². The number of carbonyl (C=O) groups excluding carboxylic acids is 1. The molecule has 0 bridgehead atoms. The fourth-order valence-electron chi connectivity index (χ4n) is 2.74. The summed E-state index contributed by atoms with van der Waals surface area (Å²) in [5, 5.41) is 24.0. The molecule has 7 nitrogen and oxygen atoms in total. The molecular weight excluding hydrogens is 354 g/mol. The zero-order chi connectivity index (χ0) is 21.0. The van der Waals surface area contributed by atoms with Crippen molar-refractivity contribution in [3.05, 3.63) is 23.3 Å². The molecule has 0 atom stereocenters. The molecule has 1 amide bonds. The maximum absolute atomic E-state index is 11.8. The highest BCUT2D eigenvalue weighted by atomic mass is 16.6. The summed E-state index contributed by atoms with van der Waals surface area (Å²) < 4.78 is 5.45. The van der Waals surface area contributed by atoms with Crippen LogP contribution < -0.4 is 16.4 Å². The average molecular weight is 386 g/mol. The highest BCUT2D eigenvalue weighted by Gasteiger charge is 2.21. The van der Waals surface area contributed by atoms with Gasteiger partial charge in [-0.15, -0.1) is 0 Å². The lowest BCUT2D eigenvalue weighted by Crippen LogP contribution is -2.35. The molecule has 0 saturated carbocycles. The van der Waals surface area contributed by atoms with Crippen molar-refractivity contribution in [2.24, 2.45) is 0 Å². The maximum atomic E-state index is 11.8. The third-order valence-electron chi connectivity index (χ3n) is 4.37. The smallest absolute Gasteiger partial charge is 0.407 e. The summed E-state index contributed by atoms with van der Waals surface area (Å²) in [5.41, 5.74) is 7.17. The molecular formula is C21H31N5O2. The summed E-state index contributed by atoms with van der Waals surface area (Å²) in [4.78, 5) is 11.8. The van der Waals surface area contributed by atoms with E-state index in [4.69, 9.17) is 21.0 Å². The highest BCUT2D eigenvalue weighted by molar-refractivity contribution is 5.72. The summed E-state index contributed by atoms with van der Waals surface area (Å²) in [6.45, 7) is 7.24. The number of nitrogens with two attached hydrogens (primary N) is 1. The predicted molar refractivity (Wildman–Crippen MR) is 111 cm³/mol. The first-order chi connectivity index (χ1) is 13.3. The first-order valence-electron chi connectivity index (χ1n) is 9.77. The predicted octanol–water partition coefficient (Wildman–Crippen LogP) is 4.29. The molecule has 152 valence electrons.